The second-order valence-corrected chi connectivity index (χ2v) is 10.5. The first-order valence-corrected chi connectivity index (χ1v) is 13.8. The SMILES string of the molecule is C=CCc1cc(C2C3=C(CCCC3=O)N(C)C3=C2C(=O)CCC3)cc(OCC)c1OCc1ccc(C)cc1. The van der Waals surface area contributed by atoms with Crippen LogP contribution >= 0.6 is 0 Å². The number of aryl methyl sites for hydroxylation is 1. The molecule has 0 saturated carbocycles. The van der Waals surface area contributed by atoms with Crippen molar-refractivity contribution < 1.29 is 19.1 Å². The number of allylic oxidation sites excluding steroid dienone is 5. The Morgan fingerprint density at radius 2 is 1.58 bits per heavy atom. The van der Waals surface area contributed by atoms with Crippen molar-refractivity contribution in [2.24, 2.45) is 0 Å². The Morgan fingerprint density at radius 1 is 0.947 bits per heavy atom. The number of ketones is 2. The molecule has 3 aliphatic rings. The molecule has 0 atom stereocenters. The van der Waals surface area contributed by atoms with E-state index in [0.717, 1.165) is 64.9 Å². The molecule has 0 radical (unpaired) electrons. The summed E-state index contributed by atoms with van der Waals surface area (Å²) < 4.78 is 12.5. The molecule has 0 saturated heterocycles. The molecule has 2 aromatic carbocycles. The zero-order valence-electron chi connectivity index (χ0n) is 22.8. The molecule has 1 aliphatic heterocycles. The van der Waals surface area contributed by atoms with Crippen LogP contribution in [0.15, 0.2) is 71.6 Å². The maximum absolute atomic E-state index is 13.4. The van der Waals surface area contributed by atoms with Crippen molar-refractivity contribution in [3.63, 3.8) is 0 Å². The molecule has 5 heteroatoms. The first kappa shape index (κ1) is 26.0. The third kappa shape index (κ3) is 4.82. The quantitative estimate of drug-likeness (QED) is 0.367. The molecule has 2 aliphatic carbocycles. The Kier molecular flexibility index (Phi) is 7.55. The smallest absolute Gasteiger partial charge is 0.165 e. The first-order chi connectivity index (χ1) is 18.4. The molecule has 5 rings (SSSR count). The van der Waals surface area contributed by atoms with E-state index in [0.29, 0.717) is 44.0 Å². The molecule has 198 valence electrons. The van der Waals surface area contributed by atoms with Crippen LogP contribution in [0.1, 0.15) is 73.6 Å². The number of benzene rings is 2. The third-order valence-corrected chi connectivity index (χ3v) is 7.90. The molecule has 0 N–H and O–H groups in total. The lowest BCUT2D eigenvalue weighted by molar-refractivity contribution is -0.117. The lowest BCUT2D eigenvalue weighted by atomic mass is 9.71. The molecular formula is C33H37NO4. The van der Waals surface area contributed by atoms with E-state index in [1.54, 1.807) is 0 Å². The van der Waals surface area contributed by atoms with Crippen LogP contribution in [-0.4, -0.2) is 30.1 Å². The van der Waals surface area contributed by atoms with Gasteiger partial charge in [0.15, 0.2) is 23.1 Å². The summed E-state index contributed by atoms with van der Waals surface area (Å²) in [7, 11) is 2.02. The van der Waals surface area contributed by atoms with Crippen LogP contribution in [0, 0.1) is 6.92 Å². The zero-order valence-corrected chi connectivity index (χ0v) is 22.8. The topological polar surface area (TPSA) is 55.8 Å². The van der Waals surface area contributed by atoms with E-state index >= 15 is 0 Å². The van der Waals surface area contributed by atoms with Gasteiger partial charge in [-0.15, -0.1) is 6.58 Å². The molecule has 0 aromatic heterocycles. The van der Waals surface area contributed by atoms with Gasteiger partial charge < -0.3 is 14.4 Å². The van der Waals surface area contributed by atoms with Crippen molar-refractivity contribution in [1.29, 1.82) is 0 Å². The fourth-order valence-electron chi connectivity index (χ4n) is 6.11. The highest BCUT2D eigenvalue weighted by Gasteiger charge is 2.42. The van der Waals surface area contributed by atoms with Gasteiger partial charge in [-0.25, -0.2) is 0 Å². The van der Waals surface area contributed by atoms with Crippen molar-refractivity contribution in [2.75, 3.05) is 13.7 Å². The van der Waals surface area contributed by atoms with Gasteiger partial charge in [0.05, 0.1) is 6.61 Å². The number of rotatable bonds is 8. The highest BCUT2D eigenvalue weighted by Crippen LogP contribution is 2.50. The normalized spacial score (nSPS) is 17.9. The number of carbonyl (C=O) groups is 2. The van der Waals surface area contributed by atoms with Crippen molar-refractivity contribution in [3.8, 4) is 11.5 Å². The molecule has 0 spiro atoms. The van der Waals surface area contributed by atoms with Gasteiger partial charge in [-0.1, -0.05) is 42.0 Å². The zero-order chi connectivity index (χ0) is 26.8. The van der Waals surface area contributed by atoms with E-state index in [1.165, 1.54) is 5.56 Å². The van der Waals surface area contributed by atoms with Crippen molar-refractivity contribution in [1.82, 2.24) is 4.90 Å². The van der Waals surface area contributed by atoms with Crippen molar-refractivity contribution >= 4 is 11.6 Å². The summed E-state index contributed by atoms with van der Waals surface area (Å²) >= 11 is 0. The molecule has 0 amide bonds. The largest absolute Gasteiger partial charge is 0.490 e. The highest BCUT2D eigenvalue weighted by atomic mass is 16.5. The second kappa shape index (κ2) is 11.0. The fraction of sp³-hybridized carbons (Fsp3) is 0.394. The van der Waals surface area contributed by atoms with E-state index in [2.05, 4.69) is 48.7 Å². The lowest BCUT2D eigenvalue weighted by Gasteiger charge is -2.42. The Balaban J connectivity index is 1.64. The van der Waals surface area contributed by atoms with Crippen LogP contribution in [0.5, 0.6) is 11.5 Å². The Bertz CT molecular complexity index is 1290. The third-order valence-electron chi connectivity index (χ3n) is 7.90. The minimum absolute atomic E-state index is 0.149. The predicted molar refractivity (Wildman–Crippen MR) is 149 cm³/mol. The lowest BCUT2D eigenvalue weighted by Crippen LogP contribution is -2.37. The second-order valence-electron chi connectivity index (χ2n) is 10.5. The molecule has 2 aromatic rings. The molecule has 0 unspecified atom stereocenters. The Morgan fingerprint density at radius 3 is 2.16 bits per heavy atom. The van der Waals surface area contributed by atoms with Gasteiger partial charge >= 0.3 is 0 Å². The van der Waals surface area contributed by atoms with Crippen molar-refractivity contribution in [3.05, 3.63) is 93.8 Å². The maximum atomic E-state index is 13.4. The Labute approximate surface area is 225 Å². The summed E-state index contributed by atoms with van der Waals surface area (Å²) in [4.78, 5) is 29.0. The number of hydrogen-bond donors (Lipinski definition) is 0. The first-order valence-electron chi connectivity index (χ1n) is 13.8. The average molecular weight is 512 g/mol. The van der Waals surface area contributed by atoms with E-state index in [4.69, 9.17) is 9.47 Å². The summed E-state index contributed by atoms with van der Waals surface area (Å²) in [6.07, 6.45) is 6.90. The summed E-state index contributed by atoms with van der Waals surface area (Å²) in [5, 5.41) is 0. The van der Waals surface area contributed by atoms with Crippen LogP contribution < -0.4 is 9.47 Å². The summed E-state index contributed by atoms with van der Waals surface area (Å²) in [6, 6.07) is 12.4. The molecule has 38 heavy (non-hydrogen) atoms. The van der Waals surface area contributed by atoms with E-state index < -0.39 is 0 Å². The number of ether oxygens (including phenoxy) is 2. The molecule has 5 nitrogen and oxygen atoms in total. The van der Waals surface area contributed by atoms with Crippen LogP contribution in [0.25, 0.3) is 0 Å². The molecule has 1 heterocycles. The molecule has 0 bridgehead atoms. The fourth-order valence-corrected chi connectivity index (χ4v) is 6.11. The molecular weight excluding hydrogens is 474 g/mol. The van der Waals surface area contributed by atoms with Crippen LogP contribution in [0.2, 0.25) is 0 Å². The highest BCUT2D eigenvalue weighted by molar-refractivity contribution is 6.06. The predicted octanol–water partition coefficient (Wildman–Crippen LogP) is 6.74. The average Bonchev–Trinajstić information content (AvgIpc) is 2.90. The van der Waals surface area contributed by atoms with E-state index in [9.17, 15) is 9.59 Å². The standard InChI is InChI=1S/C33H37NO4/c1-5-9-23-18-24(19-29(37-6-2)33(23)38-20-22-16-14-21(3)15-17-22)30-31-25(10-7-12-27(31)35)34(4)26-11-8-13-28(36)32(26)30/h5,14-19,30H,1,6-13,20H2,2-4H3. The number of carbonyl (C=O) groups excluding carboxylic acids is 2. The van der Waals surface area contributed by atoms with E-state index in [1.807, 2.05) is 26.1 Å². The van der Waals surface area contributed by atoms with Crippen molar-refractivity contribution in [2.45, 2.75) is 71.3 Å². The summed E-state index contributed by atoms with van der Waals surface area (Å²) in [6.45, 7) is 8.89. The number of Topliss-reactive ketones (excluding diaryl/α,β-unsaturated/α-hetero) is 2. The van der Waals surface area contributed by atoms with Gasteiger partial charge in [0.1, 0.15) is 6.61 Å². The van der Waals surface area contributed by atoms with Gasteiger partial charge in [-0.05, 0) is 63.1 Å². The Hall–Kier alpha value is -3.60. The minimum Gasteiger partial charge on any atom is -0.490 e. The number of nitrogens with zero attached hydrogens (tertiary/aromatic N) is 1. The maximum Gasteiger partial charge on any atom is 0.165 e. The van der Waals surface area contributed by atoms with Gasteiger partial charge in [0.2, 0.25) is 0 Å². The van der Waals surface area contributed by atoms with Gasteiger partial charge in [0, 0.05) is 53.9 Å². The van der Waals surface area contributed by atoms with Crippen LogP contribution in [0.4, 0.5) is 0 Å². The van der Waals surface area contributed by atoms with E-state index in [-0.39, 0.29) is 17.5 Å². The summed E-state index contributed by atoms with van der Waals surface area (Å²) in [5.41, 5.74) is 7.86. The van der Waals surface area contributed by atoms with Gasteiger partial charge in [-0.2, -0.15) is 0 Å². The minimum atomic E-state index is -0.370. The van der Waals surface area contributed by atoms with Gasteiger partial charge in [-0.3, -0.25) is 9.59 Å². The summed E-state index contributed by atoms with van der Waals surface area (Å²) in [5.74, 6) is 1.26. The van der Waals surface area contributed by atoms with Crippen LogP contribution in [0.3, 0.4) is 0 Å². The van der Waals surface area contributed by atoms with Gasteiger partial charge in [0.25, 0.3) is 0 Å². The monoisotopic (exact) mass is 511 g/mol. The van der Waals surface area contributed by atoms with Crippen LogP contribution in [-0.2, 0) is 22.6 Å². The number of hydrogen-bond acceptors (Lipinski definition) is 5. The molecule has 0 fully saturated rings.